The monoisotopic (exact) mass is 270 g/mol. The van der Waals surface area contributed by atoms with Gasteiger partial charge in [-0.25, -0.2) is 0 Å². The van der Waals surface area contributed by atoms with Gasteiger partial charge in [0, 0.05) is 17.8 Å². The van der Waals surface area contributed by atoms with Crippen LogP contribution in [0, 0.1) is 0 Å². The number of benzene rings is 1. The first-order valence-corrected chi connectivity index (χ1v) is 7.10. The molecule has 1 aromatic rings. The molecular formula is C14H22O3S. The standard InChI is InChI=1S/C14H22O3S/c1-11(2)17-9-13(15)10-18-14-6-4-12(5-7-14)8-16-3/h4-7,11,13,15H,8-10H2,1-3H3. The van der Waals surface area contributed by atoms with E-state index in [0.29, 0.717) is 19.0 Å². The molecule has 0 fully saturated rings. The minimum absolute atomic E-state index is 0.165. The number of aliphatic hydroxyl groups is 1. The molecular weight excluding hydrogens is 248 g/mol. The molecule has 0 heterocycles. The molecule has 102 valence electrons. The van der Waals surface area contributed by atoms with Crippen molar-refractivity contribution < 1.29 is 14.6 Å². The predicted molar refractivity (Wildman–Crippen MR) is 75.0 cm³/mol. The van der Waals surface area contributed by atoms with E-state index in [1.54, 1.807) is 18.9 Å². The average molecular weight is 270 g/mol. The fraction of sp³-hybridized carbons (Fsp3) is 0.571. The lowest BCUT2D eigenvalue weighted by Gasteiger charge is -2.13. The van der Waals surface area contributed by atoms with E-state index in [1.807, 2.05) is 26.0 Å². The maximum Gasteiger partial charge on any atom is 0.0867 e. The number of rotatable bonds is 8. The predicted octanol–water partition coefficient (Wildman–Crippen LogP) is 2.71. The lowest BCUT2D eigenvalue weighted by atomic mass is 10.2. The van der Waals surface area contributed by atoms with Crippen LogP contribution in [-0.4, -0.2) is 36.8 Å². The minimum Gasteiger partial charge on any atom is -0.390 e. The van der Waals surface area contributed by atoms with Gasteiger partial charge < -0.3 is 14.6 Å². The third-order valence-electron chi connectivity index (χ3n) is 2.30. The van der Waals surface area contributed by atoms with Gasteiger partial charge >= 0.3 is 0 Å². The summed E-state index contributed by atoms with van der Waals surface area (Å²) in [4.78, 5) is 1.15. The van der Waals surface area contributed by atoms with Gasteiger partial charge in [0.25, 0.3) is 0 Å². The lowest BCUT2D eigenvalue weighted by Crippen LogP contribution is -2.20. The molecule has 0 aliphatic rings. The van der Waals surface area contributed by atoms with Crippen LogP contribution in [0.15, 0.2) is 29.2 Å². The van der Waals surface area contributed by atoms with Gasteiger partial charge in [-0.2, -0.15) is 0 Å². The largest absolute Gasteiger partial charge is 0.390 e. The smallest absolute Gasteiger partial charge is 0.0867 e. The highest BCUT2D eigenvalue weighted by Crippen LogP contribution is 2.19. The van der Waals surface area contributed by atoms with E-state index in [-0.39, 0.29) is 6.10 Å². The van der Waals surface area contributed by atoms with Crippen LogP contribution < -0.4 is 0 Å². The van der Waals surface area contributed by atoms with Crippen LogP contribution in [0.2, 0.25) is 0 Å². The van der Waals surface area contributed by atoms with E-state index in [4.69, 9.17) is 9.47 Å². The Morgan fingerprint density at radius 2 is 1.89 bits per heavy atom. The van der Waals surface area contributed by atoms with Gasteiger partial charge in [-0.05, 0) is 31.5 Å². The average Bonchev–Trinajstić information content (AvgIpc) is 2.36. The van der Waals surface area contributed by atoms with Crippen LogP contribution in [0.5, 0.6) is 0 Å². The molecule has 0 saturated carbocycles. The summed E-state index contributed by atoms with van der Waals surface area (Å²) in [5.41, 5.74) is 1.16. The topological polar surface area (TPSA) is 38.7 Å². The highest BCUT2D eigenvalue weighted by Gasteiger charge is 2.06. The normalized spacial score (nSPS) is 12.9. The van der Waals surface area contributed by atoms with Crippen LogP contribution in [0.25, 0.3) is 0 Å². The number of hydrogen-bond donors (Lipinski definition) is 1. The summed E-state index contributed by atoms with van der Waals surface area (Å²) in [5, 5.41) is 9.73. The third-order valence-corrected chi connectivity index (χ3v) is 3.46. The van der Waals surface area contributed by atoms with Crippen molar-refractivity contribution in [2.45, 2.75) is 37.6 Å². The zero-order valence-electron chi connectivity index (χ0n) is 11.3. The van der Waals surface area contributed by atoms with Crippen molar-refractivity contribution in [2.75, 3.05) is 19.5 Å². The number of hydrogen-bond acceptors (Lipinski definition) is 4. The van der Waals surface area contributed by atoms with Crippen molar-refractivity contribution in [1.82, 2.24) is 0 Å². The molecule has 0 bridgehead atoms. The molecule has 0 spiro atoms. The Labute approximate surface area is 113 Å². The summed E-state index contributed by atoms with van der Waals surface area (Å²) in [7, 11) is 1.69. The fourth-order valence-electron chi connectivity index (χ4n) is 1.39. The van der Waals surface area contributed by atoms with E-state index in [1.165, 1.54) is 0 Å². The number of methoxy groups -OCH3 is 1. The summed E-state index contributed by atoms with van der Waals surface area (Å²) < 4.78 is 10.4. The Bertz CT molecular complexity index is 324. The number of thioether (sulfide) groups is 1. The van der Waals surface area contributed by atoms with Crippen LogP contribution in [-0.2, 0) is 16.1 Å². The second-order valence-electron chi connectivity index (χ2n) is 4.42. The maximum absolute atomic E-state index is 9.73. The van der Waals surface area contributed by atoms with Gasteiger partial charge in [0.1, 0.15) is 0 Å². The maximum atomic E-state index is 9.73. The van der Waals surface area contributed by atoms with Gasteiger partial charge in [0.2, 0.25) is 0 Å². The van der Waals surface area contributed by atoms with Crippen molar-refractivity contribution in [3.63, 3.8) is 0 Å². The zero-order chi connectivity index (χ0) is 13.4. The molecule has 0 aromatic heterocycles. The molecule has 1 atom stereocenters. The SMILES string of the molecule is COCc1ccc(SCC(O)COC(C)C)cc1. The minimum atomic E-state index is -0.420. The molecule has 1 aromatic carbocycles. The van der Waals surface area contributed by atoms with Crippen molar-refractivity contribution in [2.24, 2.45) is 0 Å². The molecule has 0 saturated heterocycles. The van der Waals surface area contributed by atoms with E-state index < -0.39 is 6.10 Å². The second-order valence-corrected chi connectivity index (χ2v) is 5.52. The van der Waals surface area contributed by atoms with Crippen molar-refractivity contribution >= 4 is 11.8 Å². The molecule has 1 unspecified atom stereocenters. The van der Waals surface area contributed by atoms with E-state index in [0.717, 1.165) is 10.5 Å². The second kappa shape index (κ2) is 8.53. The van der Waals surface area contributed by atoms with E-state index in [9.17, 15) is 5.11 Å². The Hall–Kier alpha value is -0.550. The lowest BCUT2D eigenvalue weighted by molar-refractivity contribution is 0.0152. The van der Waals surface area contributed by atoms with Gasteiger partial charge in [-0.15, -0.1) is 11.8 Å². The van der Waals surface area contributed by atoms with Crippen LogP contribution in [0.3, 0.4) is 0 Å². The highest BCUT2D eigenvalue weighted by atomic mass is 32.2. The summed E-state index contributed by atoms with van der Waals surface area (Å²) in [6, 6.07) is 8.19. The Morgan fingerprint density at radius 3 is 2.44 bits per heavy atom. The first-order chi connectivity index (χ1) is 8.61. The molecule has 0 amide bonds. The zero-order valence-corrected chi connectivity index (χ0v) is 12.1. The quantitative estimate of drug-likeness (QED) is 0.737. The highest BCUT2D eigenvalue weighted by molar-refractivity contribution is 7.99. The van der Waals surface area contributed by atoms with E-state index in [2.05, 4.69) is 12.1 Å². The van der Waals surface area contributed by atoms with Gasteiger partial charge in [-0.1, -0.05) is 12.1 Å². The summed E-state index contributed by atoms with van der Waals surface area (Å²) >= 11 is 1.64. The summed E-state index contributed by atoms with van der Waals surface area (Å²) in [6.07, 6.45) is -0.256. The van der Waals surface area contributed by atoms with E-state index >= 15 is 0 Å². The van der Waals surface area contributed by atoms with Gasteiger partial charge in [0.05, 0.1) is 25.4 Å². The van der Waals surface area contributed by atoms with Crippen molar-refractivity contribution in [3.05, 3.63) is 29.8 Å². The molecule has 1 N–H and O–H groups in total. The van der Waals surface area contributed by atoms with Crippen LogP contribution >= 0.6 is 11.8 Å². The Morgan fingerprint density at radius 1 is 1.22 bits per heavy atom. The molecule has 0 aliphatic heterocycles. The summed E-state index contributed by atoms with van der Waals surface area (Å²) in [6.45, 7) is 4.96. The first kappa shape index (κ1) is 15.5. The molecule has 0 radical (unpaired) electrons. The number of ether oxygens (including phenoxy) is 2. The van der Waals surface area contributed by atoms with Gasteiger partial charge in [0.15, 0.2) is 0 Å². The molecule has 1 rings (SSSR count). The van der Waals surface area contributed by atoms with Crippen LogP contribution in [0.1, 0.15) is 19.4 Å². The molecule has 3 nitrogen and oxygen atoms in total. The Balaban J connectivity index is 2.29. The summed E-state index contributed by atoms with van der Waals surface area (Å²) in [5.74, 6) is 0.649. The molecule has 18 heavy (non-hydrogen) atoms. The van der Waals surface area contributed by atoms with Crippen LogP contribution in [0.4, 0.5) is 0 Å². The molecule has 4 heteroatoms. The Kier molecular flexibility index (Phi) is 7.35. The first-order valence-electron chi connectivity index (χ1n) is 6.12. The van der Waals surface area contributed by atoms with Crippen molar-refractivity contribution in [1.29, 1.82) is 0 Å². The molecule has 0 aliphatic carbocycles. The fourth-order valence-corrected chi connectivity index (χ4v) is 2.20. The third kappa shape index (κ3) is 6.40. The van der Waals surface area contributed by atoms with Crippen molar-refractivity contribution in [3.8, 4) is 0 Å². The number of aliphatic hydroxyl groups excluding tert-OH is 1. The van der Waals surface area contributed by atoms with Gasteiger partial charge in [-0.3, -0.25) is 0 Å².